The highest BCUT2D eigenvalue weighted by atomic mass is 16.6. The molecule has 0 aromatic heterocycles. The quantitative estimate of drug-likeness (QED) is 0.462. The fourth-order valence-corrected chi connectivity index (χ4v) is 2.10. The first-order chi connectivity index (χ1) is 9.52. The van der Waals surface area contributed by atoms with E-state index in [1.165, 1.54) is 17.0 Å². The van der Waals surface area contributed by atoms with Gasteiger partial charge in [-0.25, -0.2) is 0 Å². The molecule has 2 rings (SSSR count). The summed E-state index contributed by atoms with van der Waals surface area (Å²) in [5.41, 5.74) is 0.969. The molecule has 1 aromatic rings. The average molecular weight is 278 g/mol. The highest BCUT2D eigenvalue weighted by molar-refractivity contribution is 5.99. The molecule has 1 aliphatic heterocycles. The topological polar surface area (TPSA) is 89.8 Å². The molecular formula is C13H14N2O5. The van der Waals surface area contributed by atoms with Gasteiger partial charge in [0.25, 0.3) is 11.6 Å². The van der Waals surface area contributed by atoms with Gasteiger partial charge in [0.2, 0.25) is 0 Å². The molecule has 1 aromatic carbocycles. The first kappa shape index (κ1) is 14.0. The van der Waals surface area contributed by atoms with Crippen LogP contribution in [0.2, 0.25) is 0 Å². The Morgan fingerprint density at radius 1 is 1.50 bits per heavy atom. The van der Waals surface area contributed by atoms with Gasteiger partial charge < -0.3 is 9.64 Å². The maximum atomic E-state index is 12.1. The number of hydrogen-bond donors (Lipinski definition) is 0. The van der Waals surface area contributed by atoms with Crippen molar-refractivity contribution in [3.05, 3.63) is 39.4 Å². The van der Waals surface area contributed by atoms with Gasteiger partial charge in [-0.1, -0.05) is 0 Å². The lowest BCUT2D eigenvalue weighted by Gasteiger charge is -2.14. The lowest BCUT2D eigenvalue weighted by atomic mass is 10.1. The van der Waals surface area contributed by atoms with Crippen molar-refractivity contribution < 1.29 is 19.2 Å². The average Bonchev–Trinajstić information content (AvgIpc) is 2.73. The molecule has 0 saturated carbocycles. The fourth-order valence-electron chi connectivity index (χ4n) is 2.10. The molecule has 20 heavy (non-hydrogen) atoms. The molecule has 0 fully saturated rings. The zero-order valence-corrected chi connectivity index (χ0v) is 11.0. The van der Waals surface area contributed by atoms with Crippen LogP contribution in [0.3, 0.4) is 0 Å². The van der Waals surface area contributed by atoms with Gasteiger partial charge >= 0.3 is 5.97 Å². The van der Waals surface area contributed by atoms with E-state index in [1.54, 1.807) is 13.0 Å². The zero-order chi connectivity index (χ0) is 14.7. The molecular weight excluding hydrogens is 264 g/mol. The monoisotopic (exact) mass is 278 g/mol. The Labute approximate surface area is 115 Å². The van der Waals surface area contributed by atoms with Crippen LogP contribution < -0.4 is 0 Å². The van der Waals surface area contributed by atoms with Crippen LogP contribution in [-0.2, 0) is 16.1 Å². The molecule has 0 unspecified atom stereocenters. The van der Waals surface area contributed by atoms with Crippen molar-refractivity contribution in [3.63, 3.8) is 0 Å². The van der Waals surface area contributed by atoms with E-state index in [-0.39, 0.29) is 30.5 Å². The second-order valence-electron chi connectivity index (χ2n) is 4.38. The van der Waals surface area contributed by atoms with Crippen molar-refractivity contribution in [2.24, 2.45) is 0 Å². The van der Waals surface area contributed by atoms with Crippen LogP contribution in [-0.4, -0.2) is 34.9 Å². The van der Waals surface area contributed by atoms with Gasteiger partial charge in [0, 0.05) is 25.2 Å². The van der Waals surface area contributed by atoms with Gasteiger partial charge in [0.15, 0.2) is 0 Å². The number of benzene rings is 1. The molecule has 0 aliphatic carbocycles. The van der Waals surface area contributed by atoms with Crippen LogP contribution in [0.5, 0.6) is 0 Å². The number of nitro benzene ring substituents is 1. The normalized spacial score (nSPS) is 13.2. The smallest absolute Gasteiger partial charge is 0.307 e. The van der Waals surface area contributed by atoms with Gasteiger partial charge in [-0.2, -0.15) is 0 Å². The van der Waals surface area contributed by atoms with E-state index in [9.17, 15) is 19.7 Å². The van der Waals surface area contributed by atoms with E-state index in [0.717, 1.165) is 5.56 Å². The number of esters is 1. The number of amides is 1. The number of carbonyl (C=O) groups excluding carboxylic acids is 2. The molecule has 1 aliphatic rings. The Bertz CT molecular complexity index is 570. The second-order valence-corrected chi connectivity index (χ2v) is 4.38. The van der Waals surface area contributed by atoms with Gasteiger partial charge in [-0.15, -0.1) is 0 Å². The zero-order valence-electron chi connectivity index (χ0n) is 11.0. The van der Waals surface area contributed by atoms with Crippen molar-refractivity contribution in [1.29, 1.82) is 0 Å². The first-order valence-corrected chi connectivity index (χ1v) is 6.25. The Hall–Kier alpha value is -2.44. The standard InChI is InChI=1S/C13H14N2O5/c1-2-20-12(16)5-6-14-8-9-3-4-10(15(18)19)7-11(9)13(14)17/h3-4,7H,2,5-6,8H2,1H3. The maximum absolute atomic E-state index is 12.1. The highest BCUT2D eigenvalue weighted by Crippen LogP contribution is 2.26. The van der Waals surface area contributed by atoms with Crippen molar-refractivity contribution in [2.75, 3.05) is 13.2 Å². The van der Waals surface area contributed by atoms with Crippen LogP contribution in [0.1, 0.15) is 29.3 Å². The number of rotatable bonds is 5. The van der Waals surface area contributed by atoms with Crippen LogP contribution in [0, 0.1) is 10.1 Å². The maximum Gasteiger partial charge on any atom is 0.307 e. The van der Waals surface area contributed by atoms with Crippen molar-refractivity contribution >= 4 is 17.6 Å². The Morgan fingerprint density at radius 3 is 2.90 bits per heavy atom. The van der Waals surface area contributed by atoms with E-state index in [4.69, 9.17) is 4.74 Å². The third-order valence-electron chi connectivity index (χ3n) is 3.07. The molecule has 0 spiro atoms. The van der Waals surface area contributed by atoms with Crippen molar-refractivity contribution in [2.45, 2.75) is 19.9 Å². The predicted octanol–water partition coefficient (Wildman–Crippen LogP) is 1.50. The third-order valence-corrected chi connectivity index (χ3v) is 3.07. The minimum atomic E-state index is -0.533. The van der Waals surface area contributed by atoms with E-state index in [1.807, 2.05) is 0 Å². The molecule has 1 heterocycles. The molecule has 7 heteroatoms. The summed E-state index contributed by atoms with van der Waals surface area (Å²) < 4.78 is 4.80. The van der Waals surface area contributed by atoms with Crippen LogP contribution >= 0.6 is 0 Å². The largest absolute Gasteiger partial charge is 0.466 e. The summed E-state index contributed by atoms with van der Waals surface area (Å²) in [6.45, 7) is 2.64. The number of nitrogens with zero attached hydrogens (tertiary/aromatic N) is 2. The van der Waals surface area contributed by atoms with Gasteiger partial charge in [-0.05, 0) is 18.6 Å². The van der Waals surface area contributed by atoms with Crippen LogP contribution in [0.25, 0.3) is 0 Å². The summed E-state index contributed by atoms with van der Waals surface area (Å²) in [4.78, 5) is 35.0. The second kappa shape index (κ2) is 5.68. The van der Waals surface area contributed by atoms with Crippen molar-refractivity contribution in [3.8, 4) is 0 Å². The summed E-state index contributed by atoms with van der Waals surface area (Å²) in [7, 11) is 0. The molecule has 7 nitrogen and oxygen atoms in total. The summed E-state index contributed by atoms with van der Waals surface area (Å²) in [6.07, 6.45) is 0.121. The molecule has 0 N–H and O–H groups in total. The highest BCUT2D eigenvalue weighted by Gasteiger charge is 2.29. The van der Waals surface area contributed by atoms with E-state index < -0.39 is 4.92 Å². The van der Waals surface area contributed by atoms with E-state index in [0.29, 0.717) is 18.7 Å². The number of fused-ring (bicyclic) bond motifs is 1. The number of ether oxygens (including phenoxy) is 1. The predicted molar refractivity (Wildman–Crippen MR) is 69.1 cm³/mol. The lowest BCUT2D eigenvalue weighted by Crippen LogP contribution is -2.27. The number of nitro groups is 1. The SMILES string of the molecule is CCOC(=O)CCN1Cc2ccc([N+](=O)[O-])cc2C1=O. The first-order valence-electron chi connectivity index (χ1n) is 6.25. The van der Waals surface area contributed by atoms with Gasteiger partial charge in [0.05, 0.1) is 23.5 Å². The number of carbonyl (C=O) groups is 2. The molecule has 0 bridgehead atoms. The van der Waals surface area contributed by atoms with Crippen LogP contribution in [0.15, 0.2) is 18.2 Å². The molecule has 0 saturated heterocycles. The van der Waals surface area contributed by atoms with Gasteiger partial charge in [-0.3, -0.25) is 19.7 Å². The lowest BCUT2D eigenvalue weighted by molar-refractivity contribution is -0.384. The Balaban J connectivity index is 2.06. The fraction of sp³-hybridized carbons (Fsp3) is 0.385. The summed E-state index contributed by atoms with van der Waals surface area (Å²) in [5.74, 6) is -0.643. The summed E-state index contributed by atoms with van der Waals surface area (Å²) in [6, 6.07) is 4.23. The third kappa shape index (κ3) is 2.76. The van der Waals surface area contributed by atoms with Crippen molar-refractivity contribution in [1.82, 2.24) is 4.90 Å². The molecule has 0 radical (unpaired) electrons. The number of hydrogen-bond acceptors (Lipinski definition) is 5. The number of non-ortho nitro benzene ring substituents is 1. The van der Waals surface area contributed by atoms with Crippen LogP contribution in [0.4, 0.5) is 5.69 Å². The minimum Gasteiger partial charge on any atom is -0.466 e. The molecule has 106 valence electrons. The summed E-state index contributed by atoms with van der Waals surface area (Å²) in [5, 5.41) is 10.7. The Morgan fingerprint density at radius 2 is 2.25 bits per heavy atom. The summed E-state index contributed by atoms with van der Waals surface area (Å²) >= 11 is 0. The van der Waals surface area contributed by atoms with Gasteiger partial charge in [0.1, 0.15) is 0 Å². The molecule has 0 atom stereocenters. The minimum absolute atomic E-state index is 0.107. The van der Waals surface area contributed by atoms with E-state index >= 15 is 0 Å². The van der Waals surface area contributed by atoms with E-state index in [2.05, 4.69) is 0 Å². The molecule has 1 amide bonds. The Kier molecular flexibility index (Phi) is 3.97.